The van der Waals surface area contributed by atoms with Crippen molar-refractivity contribution >= 4 is 35.9 Å². The molecule has 1 fully saturated rings. The summed E-state index contributed by atoms with van der Waals surface area (Å²) in [7, 11) is 0. The summed E-state index contributed by atoms with van der Waals surface area (Å²) in [5.41, 5.74) is -0.386. The van der Waals surface area contributed by atoms with E-state index in [1.54, 1.807) is 0 Å². The number of ether oxygens (including phenoxy) is 2. The number of aliphatic imine (C=N–C) groups is 1. The molecule has 1 heterocycles. The third-order valence-electron chi connectivity index (χ3n) is 4.15. The standard InChI is InChI=1S/C20H40N4O3.HI/c1-5-21-19(23-12-13-24-14-16-26-17-15-24)22-11-9-7-6-8-10-18(25)27-20(2,3)4;/h5-17H2,1-4H3,(H2,21,22,23);1H. The van der Waals surface area contributed by atoms with Crippen LogP contribution in [-0.4, -0.2) is 74.9 Å². The molecule has 0 amide bonds. The monoisotopic (exact) mass is 512 g/mol. The third kappa shape index (κ3) is 15.3. The van der Waals surface area contributed by atoms with Gasteiger partial charge in [-0.2, -0.15) is 0 Å². The molecule has 7 nitrogen and oxygen atoms in total. The number of hydrogen-bond donors (Lipinski definition) is 2. The van der Waals surface area contributed by atoms with E-state index in [1.807, 2.05) is 20.8 Å². The summed E-state index contributed by atoms with van der Waals surface area (Å²) in [5.74, 6) is 0.791. The molecule has 0 saturated carbocycles. The molecule has 0 aromatic carbocycles. The van der Waals surface area contributed by atoms with Crippen molar-refractivity contribution in [3.63, 3.8) is 0 Å². The average molecular weight is 512 g/mol. The first-order chi connectivity index (χ1) is 12.9. The number of esters is 1. The smallest absolute Gasteiger partial charge is 0.306 e. The number of unbranched alkanes of at least 4 members (excludes halogenated alkanes) is 3. The summed E-state index contributed by atoms with van der Waals surface area (Å²) >= 11 is 0. The predicted octanol–water partition coefficient (Wildman–Crippen LogP) is 2.78. The van der Waals surface area contributed by atoms with Crippen LogP contribution in [0, 0.1) is 0 Å². The molecule has 0 atom stereocenters. The molecule has 0 aromatic heterocycles. The van der Waals surface area contributed by atoms with E-state index in [-0.39, 0.29) is 35.5 Å². The molecule has 0 spiro atoms. The molecule has 0 bridgehead atoms. The van der Waals surface area contributed by atoms with Gasteiger partial charge in [-0.1, -0.05) is 12.8 Å². The van der Waals surface area contributed by atoms with E-state index in [4.69, 9.17) is 9.47 Å². The number of carbonyl (C=O) groups is 1. The van der Waals surface area contributed by atoms with Crippen LogP contribution in [0.1, 0.15) is 59.8 Å². The van der Waals surface area contributed by atoms with Crippen LogP contribution < -0.4 is 10.6 Å². The van der Waals surface area contributed by atoms with Gasteiger partial charge in [0.1, 0.15) is 5.60 Å². The van der Waals surface area contributed by atoms with Crippen LogP contribution in [0.3, 0.4) is 0 Å². The van der Waals surface area contributed by atoms with Crippen LogP contribution in [0.15, 0.2) is 4.99 Å². The summed E-state index contributed by atoms with van der Waals surface area (Å²) in [5, 5.41) is 6.70. The fraction of sp³-hybridized carbons (Fsp3) is 0.900. The van der Waals surface area contributed by atoms with E-state index >= 15 is 0 Å². The number of halogens is 1. The lowest BCUT2D eigenvalue weighted by Crippen LogP contribution is -2.44. The molecular weight excluding hydrogens is 471 g/mol. The number of guanidine groups is 1. The molecule has 8 heteroatoms. The Balaban J connectivity index is 0.00000729. The number of carbonyl (C=O) groups excluding carboxylic acids is 1. The van der Waals surface area contributed by atoms with Gasteiger partial charge in [-0.3, -0.25) is 14.7 Å². The molecule has 28 heavy (non-hydrogen) atoms. The Kier molecular flexibility index (Phi) is 15.9. The van der Waals surface area contributed by atoms with Gasteiger partial charge in [0.15, 0.2) is 5.96 Å². The maximum absolute atomic E-state index is 11.7. The minimum atomic E-state index is -0.386. The van der Waals surface area contributed by atoms with Crippen LogP contribution in [0.4, 0.5) is 0 Å². The van der Waals surface area contributed by atoms with E-state index in [0.29, 0.717) is 6.42 Å². The van der Waals surface area contributed by atoms with E-state index in [2.05, 4.69) is 27.4 Å². The second kappa shape index (κ2) is 16.2. The zero-order valence-corrected chi connectivity index (χ0v) is 20.6. The molecule has 0 aliphatic carbocycles. The van der Waals surface area contributed by atoms with Crippen molar-refractivity contribution in [2.24, 2.45) is 4.99 Å². The van der Waals surface area contributed by atoms with Crippen molar-refractivity contribution < 1.29 is 14.3 Å². The van der Waals surface area contributed by atoms with Gasteiger partial charge in [-0.05, 0) is 40.5 Å². The summed E-state index contributed by atoms with van der Waals surface area (Å²) < 4.78 is 10.7. The normalized spacial score (nSPS) is 15.6. The quantitative estimate of drug-likeness (QED) is 0.146. The van der Waals surface area contributed by atoms with Gasteiger partial charge in [-0.15, -0.1) is 24.0 Å². The SMILES string of the molecule is CCNC(=NCCCCCCC(=O)OC(C)(C)C)NCCN1CCOCC1.I. The van der Waals surface area contributed by atoms with Gasteiger partial charge in [-0.25, -0.2) is 0 Å². The first-order valence-electron chi connectivity index (χ1n) is 10.4. The lowest BCUT2D eigenvalue weighted by Gasteiger charge is -2.26. The van der Waals surface area contributed by atoms with Gasteiger partial charge in [0.25, 0.3) is 0 Å². The first-order valence-corrected chi connectivity index (χ1v) is 10.4. The topological polar surface area (TPSA) is 75.2 Å². The number of nitrogens with zero attached hydrogens (tertiary/aromatic N) is 2. The fourth-order valence-corrected chi connectivity index (χ4v) is 2.82. The van der Waals surface area contributed by atoms with E-state index in [9.17, 15) is 4.79 Å². The molecule has 1 saturated heterocycles. The van der Waals surface area contributed by atoms with Gasteiger partial charge >= 0.3 is 5.97 Å². The number of morpholine rings is 1. The predicted molar refractivity (Wildman–Crippen MR) is 126 cm³/mol. The van der Waals surface area contributed by atoms with Crippen LogP contribution in [0.25, 0.3) is 0 Å². The summed E-state index contributed by atoms with van der Waals surface area (Å²) in [6, 6.07) is 0. The van der Waals surface area contributed by atoms with E-state index in [0.717, 1.165) is 84.1 Å². The van der Waals surface area contributed by atoms with Gasteiger partial charge in [0.2, 0.25) is 0 Å². The second-order valence-electron chi connectivity index (χ2n) is 7.89. The minimum absolute atomic E-state index is 0. The Labute approximate surface area is 188 Å². The Morgan fingerprint density at radius 3 is 2.43 bits per heavy atom. The first kappa shape index (κ1) is 27.4. The van der Waals surface area contributed by atoms with Crippen LogP contribution in [0.2, 0.25) is 0 Å². The highest BCUT2D eigenvalue weighted by molar-refractivity contribution is 14.0. The highest BCUT2D eigenvalue weighted by Gasteiger charge is 2.15. The molecule has 1 aliphatic heterocycles. The lowest BCUT2D eigenvalue weighted by atomic mass is 10.1. The number of rotatable bonds is 11. The third-order valence-corrected chi connectivity index (χ3v) is 4.15. The van der Waals surface area contributed by atoms with Gasteiger partial charge in [0, 0.05) is 45.7 Å². The van der Waals surface area contributed by atoms with Crippen molar-refractivity contribution in [1.82, 2.24) is 15.5 Å². The molecule has 166 valence electrons. The van der Waals surface area contributed by atoms with Gasteiger partial charge in [0.05, 0.1) is 13.2 Å². The van der Waals surface area contributed by atoms with Gasteiger partial charge < -0.3 is 20.1 Å². The summed E-state index contributed by atoms with van der Waals surface area (Å²) in [6.07, 6.45) is 4.55. The minimum Gasteiger partial charge on any atom is -0.460 e. The van der Waals surface area contributed by atoms with Crippen molar-refractivity contribution in [3.8, 4) is 0 Å². The lowest BCUT2D eigenvalue weighted by molar-refractivity contribution is -0.154. The molecule has 0 aromatic rings. The summed E-state index contributed by atoms with van der Waals surface area (Å²) in [6.45, 7) is 15.1. The Hall–Kier alpha value is -0.610. The van der Waals surface area contributed by atoms with E-state index in [1.165, 1.54) is 0 Å². The second-order valence-corrected chi connectivity index (χ2v) is 7.89. The maximum atomic E-state index is 11.7. The molecule has 1 aliphatic rings. The molecule has 0 radical (unpaired) electrons. The zero-order valence-electron chi connectivity index (χ0n) is 18.2. The van der Waals surface area contributed by atoms with Crippen LogP contribution in [-0.2, 0) is 14.3 Å². The number of hydrogen-bond acceptors (Lipinski definition) is 5. The number of nitrogens with one attached hydrogen (secondary N) is 2. The molecule has 0 unspecified atom stereocenters. The Morgan fingerprint density at radius 2 is 1.79 bits per heavy atom. The van der Waals surface area contributed by atoms with Crippen LogP contribution in [0.5, 0.6) is 0 Å². The Bertz CT molecular complexity index is 436. The fourth-order valence-electron chi connectivity index (χ4n) is 2.82. The molecular formula is C20H41IN4O3. The highest BCUT2D eigenvalue weighted by Crippen LogP contribution is 2.11. The maximum Gasteiger partial charge on any atom is 0.306 e. The molecule has 2 N–H and O–H groups in total. The van der Waals surface area contributed by atoms with Crippen molar-refractivity contribution in [2.75, 3.05) is 52.5 Å². The molecule has 1 rings (SSSR count). The highest BCUT2D eigenvalue weighted by atomic mass is 127. The van der Waals surface area contributed by atoms with Crippen molar-refractivity contribution in [1.29, 1.82) is 0 Å². The Morgan fingerprint density at radius 1 is 1.11 bits per heavy atom. The zero-order chi connectivity index (χ0) is 20.0. The van der Waals surface area contributed by atoms with Crippen molar-refractivity contribution in [2.45, 2.75) is 65.4 Å². The average Bonchev–Trinajstić information content (AvgIpc) is 2.60. The van der Waals surface area contributed by atoms with E-state index < -0.39 is 0 Å². The largest absolute Gasteiger partial charge is 0.460 e. The van der Waals surface area contributed by atoms with Crippen LogP contribution >= 0.6 is 24.0 Å². The summed E-state index contributed by atoms with van der Waals surface area (Å²) in [4.78, 5) is 18.7. The van der Waals surface area contributed by atoms with Crippen molar-refractivity contribution in [3.05, 3.63) is 0 Å².